The topological polar surface area (TPSA) is 71.1 Å². The van der Waals surface area contributed by atoms with Gasteiger partial charge in [-0.25, -0.2) is 13.4 Å². The van der Waals surface area contributed by atoms with E-state index in [-0.39, 0.29) is 25.7 Å². The molecule has 0 atom stereocenters. The number of pyridine rings is 1. The van der Waals surface area contributed by atoms with Crippen LogP contribution in [0.4, 0.5) is 11.5 Å². The smallest absolute Gasteiger partial charge is 0.263 e. The monoisotopic (exact) mass is 365 g/mol. The Hall–Kier alpha value is -1.21. The number of hydrogen-bond acceptors (Lipinski definition) is 4. The summed E-state index contributed by atoms with van der Waals surface area (Å²) in [6, 6.07) is 5.96. The zero-order chi connectivity index (χ0) is 15.6. The van der Waals surface area contributed by atoms with Crippen LogP contribution in [-0.4, -0.2) is 20.4 Å². The first-order valence-electron chi connectivity index (χ1n) is 5.65. The molecule has 0 saturated carbocycles. The van der Waals surface area contributed by atoms with Crippen LogP contribution in [0.15, 0.2) is 35.4 Å². The molecule has 1 aromatic carbocycles. The molecule has 0 saturated heterocycles. The van der Waals surface area contributed by atoms with Crippen LogP contribution in [0, 0.1) is 0 Å². The Morgan fingerprint density at radius 1 is 1.10 bits per heavy atom. The minimum Gasteiger partial charge on any atom is -0.372 e. The van der Waals surface area contributed by atoms with Crippen molar-refractivity contribution < 1.29 is 8.42 Å². The number of sulfonamides is 1. The SMILES string of the molecule is CNc1ncc(S(=O)(=O)Nc2c(Cl)cccc2Cl)cc1Cl. The van der Waals surface area contributed by atoms with Crippen LogP contribution in [0.25, 0.3) is 0 Å². The maximum Gasteiger partial charge on any atom is 0.263 e. The average Bonchev–Trinajstić information content (AvgIpc) is 2.43. The van der Waals surface area contributed by atoms with Crippen LogP contribution in [0.2, 0.25) is 15.1 Å². The van der Waals surface area contributed by atoms with Crippen LogP contribution < -0.4 is 10.0 Å². The van der Waals surface area contributed by atoms with Crippen molar-refractivity contribution in [3.8, 4) is 0 Å². The van der Waals surface area contributed by atoms with Crippen LogP contribution >= 0.6 is 34.8 Å². The highest BCUT2D eigenvalue weighted by Gasteiger charge is 2.19. The van der Waals surface area contributed by atoms with Crippen molar-refractivity contribution in [2.24, 2.45) is 0 Å². The third-order valence-corrected chi connectivity index (χ3v) is 4.80. The van der Waals surface area contributed by atoms with Crippen LogP contribution in [0.1, 0.15) is 0 Å². The van der Waals surface area contributed by atoms with E-state index in [1.807, 2.05) is 0 Å². The minimum atomic E-state index is -3.90. The first-order chi connectivity index (χ1) is 9.85. The molecule has 0 aliphatic carbocycles. The third-order valence-electron chi connectivity index (χ3n) is 2.56. The van der Waals surface area contributed by atoms with E-state index in [0.29, 0.717) is 5.82 Å². The second-order valence-corrected chi connectivity index (χ2v) is 6.86. The molecule has 0 aliphatic rings. The lowest BCUT2D eigenvalue weighted by atomic mass is 10.3. The van der Waals surface area contributed by atoms with Gasteiger partial charge in [-0.05, 0) is 18.2 Å². The Labute approximate surface area is 137 Å². The maximum atomic E-state index is 12.3. The fourth-order valence-corrected chi connectivity index (χ4v) is 3.54. The van der Waals surface area contributed by atoms with Gasteiger partial charge in [-0.3, -0.25) is 4.72 Å². The average molecular weight is 367 g/mol. The van der Waals surface area contributed by atoms with Gasteiger partial charge in [-0.2, -0.15) is 0 Å². The van der Waals surface area contributed by atoms with Gasteiger partial charge < -0.3 is 5.32 Å². The molecule has 5 nitrogen and oxygen atoms in total. The van der Waals surface area contributed by atoms with Crippen molar-refractivity contribution >= 4 is 56.3 Å². The van der Waals surface area contributed by atoms with Crippen molar-refractivity contribution in [3.05, 3.63) is 45.5 Å². The third kappa shape index (κ3) is 3.52. The van der Waals surface area contributed by atoms with Gasteiger partial charge in [0.05, 0.1) is 20.8 Å². The minimum absolute atomic E-state index is 0.0949. The van der Waals surface area contributed by atoms with E-state index in [9.17, 15) is 8.42 Å². The van der Waals surface area contributed by atoms with E-state index in [4.69, 9.17) is 34.8 Å². The molecule has 2 N–H and O–H groups in total. The zero-order valence-corrected chi connectivity index (χ0v) is 13.8. The number of nitrogens with one attached hydrogen (secondary N) is 2. The van der Waals surface area contributed by atoms with E-state index in [2.05, 4.69) is 15.0 Å². The fourth-order valence-electron chi connectivity index (χ4n) is 1.54. The number of nitrogens with zero attached hydrogens (tertiary/aromatic N) is 1. The molecule has 0 amide bonds. The van der Waals surface area contributed by atoms with Crippen LogP contribution in [0.5, 0.6) is 0 Å². The van der Waals surface area contributed by atoms with Gasteiger partial charge in [-0.15, -0.1) is 0 Å². The molecule has 1 heterocycles. The lowest BCUT2D eigenvalue weighted by Crippen LogP contribution is -2.14. The lowest BCUT2D eigenvalue weighted by Gasteiger charge is -2.12. The Morgan fingerprint density at radius 3 is 2.24 bits per heavy atom. The summed E-state index contributed by atoms with van der Waals surface area (Å²) in [5, 5.41) is 3.31. The first kappa shape index (κ1) is 16.2. The van der Waals surface area contributed by atoms with E-state index in [0.717, 1.165) is 0 Å². The quantitative estimate of drug-likeness (QED) is 0.861. The molecule has 2 aromatic rings. The van der Waals surface area contributed by atoms with E-state index in [1.54, 1.807) is 13.1 Å². The molecule has 0 fully saturated rings. The Kier molecular flexibility index (Phi) is 4.83. The van der Waals surface area contributed by atoms with Crippen molar-refractivity contribution in [2.45, 2.75) is 4.90 Å². The van der Waals surface area contributed by atoms with Gasteiger partial charge in [0.15, 0.2) is 0 Å². The molecule has 1 aromatic heterocycles. The second kappa shape index (κ2) is 6.27. The predicted octanol–water partition coefficient (Wildman–Crippen LogP) is 3.88. The highest BCUT2D eigenvalue weighted by Crippen LogP contribution is 2.32. The molecular weight excluding hydrogens is 357 g/mol. The Balaban J connectivity index is 2.41. The molecular formula is C12H10Cl3N3O2S. The maximum absolute atomic E-state index is 12.3. The van der Waals surface area contributed by atoms with Gasteiger partial charge in [0, 0.05) is 13.2 Å². The number of anilines is 2. The molecule has 2 rings (SSSR count). The lowest BCUT2D eigenvalue weighted by molar-refractivity contribution is 0.601. The summed E-state index contributed by atoms with van der Waals surface area (Å²) in [6.07, 6.45) is 1.19. The first-order valence-corrected chi connectivity index (χ1v) is 8.27. The highest BCUT2D eigenvalue weighted by atomic mass is 35.5. The number of aromatic nitrogens is 1. The molecule has 0 radical (unpaired) electrons. The fraction of sp³-hybridized carbons (Fsp3) is 0.0833. The summed E-state index contributed by atoms with van der Waals surface area (Å²) >= 11 is 17.8. The Bertz CT molecular complexity index is 761. The normalized spacial score (nSPS) is 11.2. The standard InChI is InChI=1S/C12H10Cl3N3O2S/c1-16-12-10(15)5-7(6-17-12)21(19,20)18-11-8(13)3-2-4-9(11)14/h2-6,18H,1H3,(H,16,17). The summed E-state index contributed by atoms with van der Waals surface area (Å²) in [5.74, 6) is 0.381. The van der Waals surface area contributed by atoms with Gasteiger partial charge in [0.2, 0.25) is 0 Å². The number of benzene rings is 1. The van der Waals surface area contributed by atoms with E-state index < -0.39 is 10.0 Å². The molecule has 112 valence electrons. The molecule has 0 aliphatic heterocycles. The van der Waals surface area contributed by atoms with E-state index >= 15 is 0 Å². The van der Waals surface area contributed by atoms with Gasteiger partial charge in [0.1, 0.15) is 10.7 Å². The number of para-hydroxylation sites is 1. The zero-order valence-electron chi connectivity index (χ0n) is 10.7. The summed E-state index contributed by atoms with van der Waals surface area (Å²) in [5.41, 5.74) is 0.106. The van der Waals surface area contributed by atoms with Gasteiger partial charge >= 0.3 is 0 Å². The largest absolute Gasteiger partial charge is 0.372 e. The second-order valence-electron chi connectivity index (χ2n) is 3.95. The van der Waals surface area contributed by atoms with Crippen LogP contribution in [-0.2, 0) is 10.0 Å². The van der Waals surface area contributed by atoms with Crippen molar-refractivity contribution in [1.82, 2.24) is 4.98 Å². The van der Waals surface area contributed by atoms with E-state index in [1.165, 1.54) is 24.4 Å². The molecule has 9 heteroatoms. The van der Waals surface area contributed by atoms with Crippen molar-refractivity contribution in [1.29, 1.82) is 0 Å². The molecule has 0 spiro atoms. The number of rotatable bonds is 4. The summed E-state index contributed by atoms with van der Waals surface area (Å²) in [7, 11) is -2.27. The van der Waals surface area contributed by atoms with Gasteiger partial charge in [0.25, 0.3) is 10.0 Å². The highest BCUT2D eigenvalue weighted by molar-refractivity contribution is 7.92. The molecule has 0 bridgehead atoms. The summed E-state index contributed by atoms with van der Waals surface area (Å²) in [4.78, 5) is 3.83. The van der Waals surface area contributed by atoms with Crippen molar-refractivity contribution in [3.63, 3.8) is 0 Å². The molecule has 0 unspecified atom stereocenters. The predicted molar refractivity (Wildman–Crippen MR) is 86.1 cm³/mol. The Morgan fingerprint density at radius 2 is 1.71 bits per heavy atom. The molecule has 21 heavy (non-hydrogen) atoms. The summed E-state index contributed by atoms with van der Waals surface area (Å²) < 4.78 is 26.9. The van der Waals surface area contributed by atoms with Crippen molar-refractivity contribution in [2.75, 3.05) is 17.1 Å². The summed E-state index contributed by atoms with van der Waals surface area (Å²) in [6.45, 7) is 0. The number of halogens is 3. The number of hydrogen-bond donors (Lipinski definition) is 2. The van der Waals surface area contributed by atoms with Gasteiger partial charge in [-0.1, -0.05) is 40.9 Å². The van der Waals surface area contributed by atoms with Crippen LogP contribution in [0.3, 0.4) is 0 Å².